The highest BCUT2D eigenvalue weighted by Crippen LogP contribution is 2.27. The van der Waals surface area contributed by atoms with E-state index in [9.17, 15) is 0 Å². The molecule has 0 bridgehead atoms. The SMILES string of the molecule is Cc1cc2ccc(CC3COC3)cc2n1-c1ccc(Cl)cc1. The van der Waals surface area contributed by atoms with Crippen LogP contribution >= 0.6 is 11.6 Å². The van der Waals surface area contributed by atoms with E-state index in [0.29, 0.717) is 5.92 Å². The Kier molecular flexibility index (Phi) is 3.44. The Bertz CT molecular complexity index is 815. The van der Waals surface area contributed by atoms with Crippen molar-refractivity contribution in [2.45, 2.75) is 13.3 Å². The van der Waals surface area contributed by atoms with Gasteiger partial charge < -0.3 is 9.30 Å². The summed E-state index contributed by atoms with van der Waals surface area (Å²) in [5.74, 6) is 0.678. The van der Waals surface area contributed by atoms with E-state index in [0.717, 1.165) is 30.3 Å². The zero-order chi connectivity index (χ0) is 15.1. The molecule has 3 heteroatoms. The van der Waals surface area contributed by atoms with Crippen molar-refractivity contribution in [1.29, 1.82) is 0 Å². The molecule has 1 fully saturated rings. The molecule has 0 amide bonds. The molecule has 1 aliphatic heterocycles. The predicted octanol–water partition coefficient (Wildman–Crippen LogP) is 4.78. The molecule has 0 N–H and O–H groups in total. The van der Waals surface area contributed by atoms with Crippen LogP contribution in [0.5, 0.6) is 0 Å². The maximum atomic E-state index is 6.01. The summed E-state index contributed by atoms with van der Waals surface area (Å²) in [6.07, 6.45) is 1.10. The zero-order valence-electron chi connectivity index (χ0n) is 12.6. The fourth-order valence-corrected chi connectivity index (χ4v) is 3.31. The highest BCUT2D eigenvalue weighted by molar-refractivity contribution is 6.30. The monoisotopic (exact) mass is 311 g/mol. The second-order valence-corrected chi connectivity index (χ2v) is 6.53. The number of benzene rings is 2. The van der Waals surface area contributed by atoms with Crippen molar-refractivity contribution in [1.82, 2.24) is 4.57 Å². The second-order valence-electron chi connectivity index (χ2n) is 6.10. The van der Waals surface area contributed by atoms with Crippen LogP contribution in [-0.4, -0.2) is 17.8 Å². The standard InChI is InChI=1S/C19H18ClNO/c1-13-8-16-3-2-14(9-15-11-22-12-15)10-19(16)21(13)18-6-4-17(20)5-7-18/h2-8,10,15H,9,11-12H2,1H3. The third-order valence-corrected chi connectivity index (χ3v) is 4.62. The lowest BCUT2D eigenvalue weighted by molar-refractivity contribution is -0.0312. The van der Waals surface area contributed by atoms with Crippen molar-refractivity contribution in [3.63, 3.8) is 0 Å². The van der Waals surface area contributed by atoms with Gasteiger partial charge in [-0.25, -0.2) is 0 Å². The van der Waals surface area contributed by atoms with Gasteiger partial charge in [-0.15, -0.1) is 0 Å². The van der Waals surface area contributed by atoms with Crippen molar-refractivity contribution in [3.8, 4) is 5.69 Å². The molecule has 2 aromatic carbocycles. The first kappa shape index (κ1) is 13.9. The van der Waals surface area contributed by atoms with Crippen molar-refractivity contribution in [2.24, 2.45) is 5.92 Å². The molecule has 0 unspecified atom stereocenters. The zero-order valence-corrected chi connectivity index (χ0v) is 13.3. The number of hydrogen-bond acceptors (Lipinski definition) is 1. The van der Waals surface area contributed by atoms with Gasteiger partial charge in [0.25, 0.3) is 0 Å². The number of aromatic nitrogens is 1. The van der Waals surface area contributed by atoms with Gasteiger partial charge in [-0.3, -0.25) is 0 Å². The summed E-state index contributed by atoms with van der Waals surface area (Å²) < 4.78 is 7.58. The average molecular weight is 312 g/mol. The van der Waals surface area contributed by atoms with E-state index in [2.05, 4.69) is 47.9 Å². The topological polar surface area (TPSA) is 14.2 Å². The van der Waals surface area contributed by atoms with Crippen LogP contribution in [0.1, 0.15) is 11.3 Å². The van der Waals surface area contributed by atoms with E-state index in [1.165, 1.54) is 22.2 Å². The van der Waals surface area contributed by atoms with Crippen LogP contribution in [0.4, 0.5) is 0 Å². The van der Waals surface area contributed by atoms with E-state index >= 15 is 0 Å². The van der Waals surface area contributed by atoms with E-state index in [1.54, 1.807) is 0 Å². The Balaban J connectivity index is 1.80. The van der Waals surface area contributed by atoms with Crippen LogP contribution in [0.3, 0.4) is 0 Å². The van der Waals surface area contributed by atoms with Crippen LogP contribution in [0.2, 0.25) is 5.02 Å². The third kappa shape index (κ3) is 2.43. The van der Waals surface area contributed by atoms with Gasteiger partial charge in [-0.1, -0.05) is 23.7 Å². The first-order valence-corrected chi connectivity index (χ1v) is 8.03. The predicted molar refractivity (Wildman–Crippen MR) is 91.0 cm³/mol. The highest BCUT2D eigenvalue weighted by Gasteiger charge is 2.19. The normalized spacial score (nSPS) is 15.2. The summed E-state index contributed by atoms with van der Waals surface area (Å²) in [5.41, 5.74) is 5.04. The van der Waals surface area contributed by atoms with Gasteiger partial charge in [-0.05, 0) is 55.3 Å². The maximum Gasteiger partial charge on any atom is 0.0534 e. The Morgan fingerprint density at radius 1 is 1.09 bits per heavy atom. The molecule has 0 aliphatic carbocycles. The molecule has 112 valence electrons. The Morgan fingerprint density at radius 3 is 2.55 bits per heavy atom. The molecular formula is C19H18ClNO. The molecule has 1 saturated heterocycles. The lowest BCUT2D eigenvalue weighted by atomic mass is 9.97. The number of hydrogen-bond donors (Lipinski definition) is 0. The van der Waals surface area contributed by atoms with Crippen LogP contribution < -0.4 is 0 Å². The smallest absolute Gasteiger partial charge is 0.0534 e. The van der Waals surface area contributed by atoms with E-state index in [4.69, 9.17) is 16.3 Å². The minimum absolute atomic E-state index is 0.678. The summed E-state index contributed by atoms with van der Waals surface area (Å²) in [6.45, 7) is 3.94. The Morgan fingerprint density at radius 2 is 1.86 bits per heavy atom. The fraction of sp³-hybridized carbons (Fsp3) is 0.263. The van der Waals surface area contributed by atoms with E-state index in [-0.39, 0.29) is 0 Å². The molecule has 1 aliphatic rings. The summed E-state index contributed by atoms with van der Waals surface area (Å²) in [6, 6.07) is 17.0. The molecule has 2 nitrogen and oxygen atoms in total. The van der Waals surface area contributed by atoms with Gasteiger partial charge in [0, 0.05) is 27.7 Å². The first-order chi connectivity index (χ1) is 10.7. The van der Waals surface area contributed by atoms with Crippen molar-refractivity contribution >= 4 is 22.5 Å². The maximum absolute atomic E-state index is 6.01. The Hall–Kier alpha value is -1.77. The molecule has 0 atom stereocenters. The van der Waals surface area contributed by atoms with Gasteiger partial charge in [0.1, 0.15) is 0 Å². The van der Waals surface area contributed by atoms with Crippen LogP contribution in [0.25, 0.3) is 16.6 Å². The molecule has 22 heavy (non-hydrogen) atoms. The molecule has 4 rings (SSSR count). The molecule has 0 spiro atoms. The summed E-state index contributed by atoms with van der Waals surface area (Å²) in [5, 5.41) is 2.05. The molecule has 0 saturated carbocycles. The quantitative estimate of drug-likeness (QED) is 0.679. The average Bonchev–Trinajstić information content (AvgIpc) is 2.79. The number of halogens is 1. The largest absolute Gasteiger partial charge is 0.381 e. The van der Waals surface area contributed by atoms with Gasteiger partial charge >= 0.3 is 0 Å². The van der Waals surface area contributed by atoms with Gasteiger partial charge in [0.2, 0.25) is 0 Å². The minimum Gasteiger partial charge on any atom is -0.381 e. The van der Waals surface area contributed by atoms with E-state index < -0.39 is 0 Å². The lowest BCUT2D eigenvalue weighted by Crippen LogP contribution is -2.29. The third-order valence-electron chi connectivity index (χ3n) is 4.37. The first-order valence-electron chi connectivity index (χ1n) is 7.65. The van der Waals surface area contributed by atoms with Gasteiger partial charge in [0.15, 0.2) is 0 Å². The number of fused-ring (bicyclic) bond motifs is 1. The number of ether oxygens (including phenoxy) is 1. The molecular weight excluding hydrogens is 294 g/mol. The van der Waals surface area contributed by atoms with Gasteiger partial charge in [0.05, 0.1) is 18.7 Å². The van der Waals surface area contributed by atoms with Crippen molar-refractivity contribution in [3.05, 3.63) is 64.8 Å². The van der Waals surface area contributed by atoms with Crippen molar-refractivity contribution < 1.29 is 4.74 Å². The number of nitrogens with zero attached hydrogens (tertiary/aromatic N) is 1. The van der Waals surface area contributed by atoms with Crippen molar-refractivity contribution in [2.75, 3.05) is 13.2 Å². The summed E-state index contributed by atoms with van der Waals surface area (Å²) in [4.78, 5) is 0. The number of rotatable bonds is 3. The van der Waals surface area contributed by atoms with Crippen LogP contribution in [0, 0.1) is 12.8 Å². The molecule has 2 heterocycles. The summed E-state index contributed by atoms with van der Waals surface area (Å²) >= 11 is 6.01. The molecule has 1 aromatic heterocycles. The molecule has 3 aromatic rings. The summed E-state index contributed by atoms with van der Waals surface area (Å²) in [7, 11) is 0. The minimum atomic E-state index is 0.678. The number of aryl methyl sites for hydroxylation is 1. The fourth-order valence-electron chi connectivity index (χ4n) is 3.18. The Labute approximate surface area is 135 Å². The van der Waals surface area contributed by atoms with Gasteiger partial charge in [-0.2, -0.15) is 0 Å². The lowest BCUT2D eigenvalue weighted by Gasteiger charge is -2.25. The second kappa shape index (κ2) is 5.45. The molecule has 0 radical (unpaired) electrons. The van der Waals surface area contributed by atoms with Crippen LogP contribution in [-0.2, 0) is 11.2 Å². The van der Waals surface area contributed by atoms with E-state index in [1.807, 2.05) is 12.1 Å². The highest BCUT2D eigenvalue weighted by atomic mass is 35.5. The van der Waals surface area contributed by atoms with Crippen LogP contribution in [0.15, 0.2) is 48.5 Å².